The Kier molecular flexibility index (Phi) is 6.23. The zero-order valence-electron chi connectivity index (χ0n) is 20.2. The summed E-state index contributed by atoms with van der Waals surface area (Å²) < 4.78 is 29.1. The maximum atomic E-state index is 12.3. The zero-order chi connectivity index (χ0) is 24.9. The van der Waals surface area contributed by atoms with Gasteiger partial charge in [-0.05, 0) is 79.9 Å². The third-order valence-electron chi connectivity index (χ3n) is 6.69. The highest BCUT2D eigenvalue weighted by Crippen LogP contribution is 2.34. The number of benzene rings is 1. The van der Waals surface area contributed by atoms with Crippen molar-refractivity contribution in [2.45, 2.75) is 40.2 Å². The van der Waals surface area contributed by atoms with Gasteiger partial charge in [-0.3, -0.25) is 0 Å². The van der Waals surface area contributed by atoms with Crippen molar-refractivity contribution in [1.82, 2.24) is 23.8 Å². The fraction of sp³-hybridized carbons (Fsp3) is 0.360. The lowest BCUT2D eigenvalue weighted by Gasteiger charge is -2.17. The SMILES string of the molecule is CCS(=O)(=O)N1CC[C@H](Nc2c(Br)cnc3[nH]c(-c4cc(C)n(-c5cc[c]cc5C)c4C)nc23)C1. The molecule has 0 bridgehead atoms. The van der Waals surface area contributed by atoms with E-state index in [4.69, 9.17) is 4.98 Å². The number of hydrogen-bond donors (Lipinski definition) is 2. The van der Waals surface area contributed by atoms with Crippen molar-refractivity contribution in [1.29, 1.82) is 0 Å². The number of halogens is 1. The normalized spacial score (nSPS) is 16.9. The summed E-state index contributed by atoms with van der Waals surface area (Å²) in [5, 5.41) is 3.52. The number of aryl methyl sites for hydroxylation is 2. The van der Waals surface area contributed by atoms with Crippen LogP contribution < -0.4 is 5.32 Å². The van der Waals surface area contributed by atoms with Crippen molar-refractivity contribution in [3.8, 4) is 17.1 Å². The van der Waals surface area contributed by atoms with Gasteiger partial charge in [0.05, 0.1) is 15.9 Å². The lowest BCUT2D eigenvalue weighted by Crippen LogP contribution is -2.32. The van der Waals surface area contributed by atoms with Crippen LogP contribution in [0.5, 0.6) is 0 Å². The summed E-state index contributed by atoms with van der Waals surface area (Å²) >= 11 is 3.61. The van der Waals surface area contributed by atoms with E-state index in [1.54, 1.807) is 17.4 Å². The number of rotatable bonds is 6. The molecule has 1 radical (unpaired) electrons. The Morgan fingerprint density at radius 2 is 2.11 bits per heavy atom. The van der Waals surface area contributed by atoms with E-state index in [2.05, 4.69) is 74.8 Å². The van der Waals surface area contributed by atoms with Crippen molar-refractivity contribution in [3.05, 3.63) is 58.0 Å². The van der Waals surface area contributed by atoms with E-state index in [0.29, 0.717) is 18.7 Å². The van der Waals surface area contributed by atoms with Gasteiger partial charge in [-0.2, -0.15) is 4.31 Å². The fourth-order valence-electron chi connectivity index (χ4n) is 4.81. The lowest BCUT2D eigenvalue weighted by molar-refractivity contribution is 0.476. The van der Waals surface area contributed by atoms with Crippen LogP contribution in [0.1, 0.15) is 30.3 Å². The highest BCUT2D eigenvalue weighted by Gasteiger charge is 2.31. The van der Waals surface area contributed by atoms with E-state index < -0.39 is 10.0 Å². The van der Waals surface area contributed by atoms with Crippen molar-refractivity contribution in [2.24, 2.45) is 0 Å². The standard InChI is InChI=1S/C25H28BrN6O2S/c1-5-35(33,34)31-11-10-18(14-31)28-22-20(26)13-27-25-23(22)29-24(30-25)19-12-16(3)32(17(19)4)21-9-7-6-8-15(21)2/h7-9,12-13,18H,5,10-11,14H2,1-4H3,(H2,27,28,29,30)/t18-/m0/s1. The molecule has 10 heteroatoms. The molecule has 1 aromatic carbocycles. The zero-order valence-corrected chi connectivity index (χ0v) is 22.6. The van der Waals surface area contributed by atoms with Crippen molar-refractivity contribution in [3.63, 3.8) is 0 Å². The predicted octanol–water partition coefficient (Wildman–Crippen LogP) is 4.74. The molecule has 8 nitrogen and oxygen atoms in total. The van der Waals surface area contributed by atoms with Crippen molar-refractivity contribution < 1.29 is 8.42 Å². The van der Waals surface area contributed by atoms with Crippen LogP contribution in [0.4, 0.5) is 5.69 Å². The molecule has 1 aliphatic heterocycles. The van der Waals surface area contributed by atoms with Crippen LogP contribution in [0.15, 0.2) is 34.9 Å². The van der Waals surface area contributed by atoms with Crippen LogP contribution in [0.3, 0.4) is 0 Å². The Morgan fingerprint density at radius 1 is 1.31 bits per heavy atom. The molecule has 0 saturated carbocycles. The van der Waals surface area contributed by atoms with Crippen LogP contribution in [-0.4, -0.2) is 57.1 Å². The number of aromatic nitrogens is 4. The molecule has 0 spiro atoms. The van der Waals surface area contributed by atoms with Gasteiger partial charge in [0, 0.05) is 48.0 Å². The van der Waals surface area contributed by atoms with E-state index in [9.17, 15) is 8.42 Å². The summed E-state index contributed by atoms with van der Waals surface area (Å²) in [6, 6.07) is 11.3. The molecule has 3 aromatic heterocycles. The lowest BCUT2D eigenvalue weighted by atomic mass is 10.2. The third kappa shape index (κ3) is 4.28. The molecule has 2 N–H and O–H groups in total. The minimum atomic E-state index is -3.20. The van der Waals surface area contributed by atoms with Crippen LogP contribution in [0.2, 0.25) is 0 Å². The number of anilines is 1. The largest absolute Gasteiger partial charge is 0.378 e. The molecule has 4 heterocycles. The van der Waals surface area contributed by atoms with Crippen LogP contribution in [0, 0.1) is 26.8 Å². The molecule has 5 rings (SSSR count). The first kappa shape index (κ1) is 24.0. The van der Waals surface area contributed by atoms with Gasteiger partial charge in [-0.15, -0.1) is 0 Å². The molecule has 1 atom stereocenters. The molecular weight excluding hydrogens is 528 g/mol. The Morgan fingerprint density at radius 3 is 2.86 bits per heavy atom. The Hall–Kier alpha value is -2.69. The average Bonchev–Trinajstić information content (AvgIpc) is 3.54. The topological polar surface area (TPSA) is 95.9 Å². The highest BCUT2D eigenvalue weighted by atomic mass is 79.9. The molecule has 183 valence electrons. The fourth-order valence-corrected chi connectivity index (χ4v) is 6.37. The molecule has 0 unspecified atom stereocenters. The first-order valence-electron chi connectivity index (χ1n) is 11.6. The second kappa shape index (κ2) is 9.07. The number of nitrogens with one attached hydrogen (secondary N) is 2. The quantitative estimate of drug-likeness (QED) is 0.358. The summed E-state index contributed by atoms with van der Waals surface area (Å²) in [7, 11) is -3.20. The number of fused-ring (bicyclic) bond motifs is 1. The molecular formula is C25H28BrN6O2S. The van der Waals surface area contributed by atoms with E-state index in [0.717, 1.165) is 56.1 Å². The van der Waals surface area contributed by atoms with Gasteiger partial charge in [0.1, 0.15) is 11.3 Å². The number of nitrogens with zero attached hydrogens (tertiary/aromatic N) is 4. The maximum absolute atomic E-state index is 12.3. The van der Waals surface area contributed by atoms with E-state index >= 15 is 0 Å². The van der Waals surface area contributed by atoms with Gasteiger partial charge >= 0.3 is 0 Å². The summed E-state index contributed by atoms with van der Waals surface area (Å²) in [4.78, 5) is 12.9. The summed E-state index contributed by atoms with van der Waals surface area (Å²) in [6.07, 6.45) is 2.48. The van der Waals surface area contributed by atoms with Crippen LogP contribution in [0.25, 0.3) is 28.2 Å². The third-order valence-corrected chi connectivity index (χ3v) is 9.14. The molecule has 4 aromatic rings. The van der Waals surface area contributed by atoms with E-state index in [1.807, 2.05) is 12.1 Å². The predicted molar refractivity (Wildman–Crippen MR) is 142 cm³/mol. The van der Waals surface area contributed by atoms with Gasteiger partial charge in [0.25, 0.3) is 0 Å². The van der Waals surface area contributed by atoms with Gasteiger partial charge in [-0.1, -0.05) is 6.07 Å². The van der Waals surface area contributed by atoms with Gasteiger partial charge in [0.2, 0.25) is 10.0 Å². The molecule has 0 aliphatic carbocycles. The number of H-pyrrole nitrogens is 1. The smallest absolute Gasteiger partial charge is 0.213 e. The summed E-state index contributed by atoms with van der Waals surface area (Å²) in [5.41, 5.74) is 7.70. The molecule has 0 amide bonds. The monoisotopic (exact) mass is 555 g/mol. The Balaban J connectivity index is 1.51. The van der Waals surface area contributed by atoms with Gasteiger partial charge in [0.15, 0.2) is 5.65 Å². The highest BCUT2D eigenvalue weighted by molar-refractivity contribution is 9.10. The first-order chi connectivity index (χ1) is 16.7. The number of aromatic amines is 1. The maximum Gasteiger partial charge on any atom is 0.213 e. The van der Waals surface area contributed by atoms with Crippen molar-refractivity contribution in [2.75, 3.05) is 24.2 Å². The minimum Gasteiger partial charge on any atom is -0.378 e. The average molecular weight is 557 g/mol. The second-order valence-corrected chi connectivity index (χ2v) is 12.1. The number of hydrogen-bond acceptors (Lipinski definition) is 5. The van der Waals surface area contributed by atoms with Crippen LogP contribution in [-0.2, 0) is 10.0 Å². The Bertz CT molecular complexity index is 1520. The first-order valence-corrected chi connectivity index (χ1v) is 14.0. The number of imidazole rings is 1. The Labute approximate surface area is 214 Å². The molecule has 35 heavy (non-hydrogen) atoms. The van der Waals surface area contributed by atoms with Gasteiger partial charge in [-0.25, -0.2) is 18.4 Å². The number of sulfonamides is 1. The minimum absolute atomic E-state index is 0.00120. The van der Waals surface area contributed by atoms with E-state index in [1.165, 1.54) is 0 Å². The van der Waals surface area contributed by atoms with Crippen molar-refractivity contribution >= 4 is 42.8 Å². The van der Waals surface area contributed by atoms with E-state index in [-0.39, 0.29) is 11.8 Å². The molecule has 1 saturated heterocycles. The second-order valence-electron chi connectivity index (χ2n) is 8.99. The van der Waals surface area contributed by atoms with Crippen LogP contribution >= 0.6 is 15.9 Å². The molecule has 1 aliphatic rings. The summed E-state index contributed by atoms with van der Waals surface area (Å²) in [5.74, 6) is 0.861. The number of pyridine rings is 1. The van der Waals surface area contributed by atoms with Gasteiger partial charge < -0.3 is 14.9 Å². The summed E-state index contributed by atoms with van der Waals surface area (Å²) in [6.45, 7) is 8.91. The molecule has 1 fully saturated rings.